The molecule has 0 amide bonds. The summed E-state index contributed by atoms with van der Waals surface area (Å²) in [5.74, 6) is -0.601. The second-order valence-corrected chi connectivity index (χ2v) is 3.91. The smallest absolute Gasteiger partial charge is 0.341 e. The summed E-state index contributed by atoms with van der Waals surface area (Å²) >= 11 is 0. The van der Waals surface area contributed by atoms with Crippen molar-refractivity contribution >= 4 is 11.8 Å². The standard InChI is InChI=1S/C14H16O4/c1-4-5-12(15)11-6-7-13(10(3)9(11)2)18-8-14(16)17/h4-7H,8H2,1-3H3,(H,16,17)/b5-4+. The average molecular weight is 248 g/mol. The molecule has 0 radical (unpaired) electrons. The van der Waals surface area contributed by atoms with E-state index in [1.165, 1.54) is 6.08 Å². The van der Waals surface area contributed by atoms with E-state index in [4.69, 9.17) is 9.84 Å². The van der Waals surface area contributed by atoms with Crippen molar-refractivity contribution in [2.75, 3.05) is 6.61 Å². The van der Waals surface area contributed by atoms with Crippen LogP contribution in [0.15, 0.2) is 24.3 Å². The minimum Gasteiger partial charge on any atom is -0.482 e. The maximum absolute atomic E-state index is 11.8. The molecule has 0 fully saturated rings. The van der Waals surface area contributed by atoms with Gasteiger partial charge in [-0.05, 0) is 50.1 Å². The molecule has 0 aliphatic heterocycles. The normalized spacial score (nSPS) is 10.6. The Hall–Kier alpha value is -2.10. The highest BCUT2D eigenvalue weighted by atomic mass is 16.5. The van der Waals surface area contributed by atoms with Crippen LogP contribution in [0, 0.1) is 13.8 Å². The van der Waals surface area contributed by atoms with Crippen LogP contribution in [0.4, 0.5) is 0 Å². The fraction of sp³-hybridized carbons (Fsp3) is 0.286. The minimum atomic E-state index is -1.03. The van der Waals surface area contributed by atoms with Crippen LogP contribution >= 0.6 is 0 Å². The highest BCUT2D eigenvalue weighted by molar-refractivity contribution is 6.05. The Morgan fingerprint density at radius 2 is 1.94 bits per heavy atom. The Kier molecular flexibility index (Phi) is 4.66. The lowest BCUT2D eigenvalue weighted by Crippen LogP contribution is -2.11. The number of carboxylic acid groups (broad SMARTS) is 1. The molecule has 0 aliphatic rings. The van der Waals surface area contributed by atoms with Crippen molar-refractivity contribution in [2.24, 2.45) is 0 Å². The van der Waals surface area contributed by atoms with Crippen LogP contribution < -0.4 is 4.74 Å². The van der Waals surface area contributed by atoms with Crippen molar-refractivity contribution < 1.29 is 19.4 Å². The van der Waals surface area contributed by atoms with Crippen molar-refractivity contribution in [2.45, 2.75) is 20.8 Å². The third-order valence-corrected chi connectivity index (χ3v) is 2.67. The van der Waals surface area contributed by atoms with Crippen LogP contribution in [0.25, 0.3) is 0 Å². The monoisotopic (exact) mass is 248 g/mol. The summed E-state index contributed by atoms with van der Waals surface area (Å²) in [4.78, 5) is 22.2. The van der Waals surface area contributed by atoms with Gasteiger partial charge < -0.3 is 9.84 Å². The van der Waals surface area contributed by atoms with Gasteiger partial charge in [-0.25, -0.2) is 4.79 Å². The molecule has 0 saturated heterocycles. The minimum absolute atomic E-state index is 0.0668. The first-order valence-corrected chi connectivity index (χ1v) is 5.59. The number of benzene rings is 1. The molecular weight excluding hydrogens is 232 g/mol. The van der Waals surface area contributed by atoms with Gasteiger partial charge in [0, 0.05) is 5.56 Å². The Balaban J connectivity index is 3.05. The molecule has 1 aromatic carbocycles. The Morgan fingerprint density at radius 3 is 2.50 bits per heavy atom. The number of aliphatic carboxylic acids is 1. The molecule has 0 unspecified atom stereocenters. The summed E-state index contributed by atoms with van der Waals surface area (Å²) in [5.41, 5.74) is 2.20. The van der Waals surface area contributed by atoms with Crippen LogP contribution in [0.5, 0.6) is 5.75 Å². The highest BCUT2D eigenvalue weighted by Crippen LogP contribution is 2.24. The van der Waals surface area contributed by atoms with Gasteiger partial charge in [-0.1, -0.05) is 6.08 Å². The van der Waals surface area contributed by atoms with Crippen molar-refractivity contribution in [3.8, 4) is 5.75 Å². The predicted molar refractivity (Wildman–Crippen MR) is 68.2 cm³/mol. The fourth-order valence-electron chi connectivity index (χ4n) is 1.60. The fourth-order valence-corrected chi connectivity index (χ4v) is 1.60. The lowest BCUT2D eigenvalue weighted by Gasteiger charge is -2.12. The number of hydrogen-bond donors (Lipinski definition) is 1. The Bertz CT molecular complexity index is 501. The van der Waals surface area contributed by atoms with Crippen LogP contribution in [-0.4, -0.2) is 23.5 Å². The average Bonchev–Trinajstić information content (AvgIpc) is 2.31. The molecule has 0 bridgehead atoms. The predicted octanol–water partition coefficient (Wildman–Crippen LogP) is 2.53. The van der Waals surface area contributed by atoms with E-state index in [1.807, 2.05) is 6.92 Å². The summed E-state index contributed by atoms with van der Waals surface area (Å²) in [6.45, 7) is 5.02. The van der Waals surface area contributed by atoms with Gasteiger partial charge >= 0.3 is 5.97 Å². The van der Waals surface area contributed by atoms with Crippen molar-refractivity contribution in [1.82, 2.24) is 0 Å². The third-order valence-electron chi connectivity index (χ3n) is 2.67. The van der Waals surface area contributed by atoms with E-state index in [-0.39, 0.29) is 12.4 Å². The summed E-state index contributed by atoms with van der Waals surface area (Å²) < 4.78 is 5.14. The second-order valence-electron chi connectivity index (χ2n) is 3.91. The molecule has 1 aromatic rings. The molecule has 4 nitrogen and oxygen atoms in total. The molecule has 96 valence electrons. The Labute approximate surface area is 106 Å². The third kappa shape index (κ3) is 3.20. The number of allylic oxidation sites excluding steroid dienone is 2. The lowest BCUT2D eigenvalue weighted by atomic mass is 9.99. The zero-order chi connectivity index (χ0) is 13.7. The molecule has 0 heterocycles. The van der Waals surface area contributed by atoms with E-state index in [0.29, 0.717) is 11.3 Å². The van der Waals surface area contributed by atoms with E-state index in [1.54, 1.807) is 32.1 Å². The van der Waals surface area contributed by atoms with Crippen LogP contribution in [0.3, 0.4) is 0 Å². The SMILES string of the molecule is C/C=C/C(=O)c1ccc(OCC(=O)O)c(C)c1C. The first-order valence-electron chi connectivity index (χ1n) is 5.59. The molecule has 0 aromatic heterocycles. The largest absolute Gasteiger partial charge is 0.482 e. The summed E-state index contributed by atoms with van der Waals surface area (Å²) in [7, 11) is 0. The number of carboxylic acids is 1. The Morgan fingerprint density at radius 1 is 1.28 bits per heavy atom. The molecule has 0 aliphatic carbocycles. The van der Waals surface area contributed by atoms with Gasteiger partial charge in [-0.3, -0.25) is 4.79 Å². The van der Waals surface area contributed by atoms with E-state index in [9.17, 15) is 9.59 Å². The van der Waals surface area contributed by atoms with E-state index >= 15 is 0 Å². The summed E-state index contributed by atoms with van der Waals surface area (Å²) in [5, 5.41) is 8.56. The number of carbonyl (C=O) groups excluding carboxylic acids is 1. The molecule has 1 N–H and O–H groups in total. The number of hydrogen-bond acceptors (Lipinski definition) is 3. The number of ether oxygens (including phenoxy) is 1. The van der Waals surface area contributed by atoms with Gasteiger partial charge in [0.25, 0.3) is 0 Å². The zero-order valence-electron chi connectivity index (χ0n) is 10.7. The van der Waals surface area contributed by atoms with E-state index in [0.717, 1.165) is 11.1 Å². The molecule has 18 heavy (non-hydrogen) atoms. The molecule has 0 atom stereocenters. The number of rotatable bonds is 5. The topological polar surface area (TPSA) is 63.6 Å². The van der Waals surface area contributed by atoms with Crippen molar-refractivity contribution in [3.63, 3.8) is 0 Å². The van der Waals surface area contributed by atoms with Gasteiger partial charge in [-0.2, -0.15) is 0 Å². The second kappa shape index (κ2) is 6.00. The van der Waals surface area contributed by atoms with Crippen LogP contribution in [0.2, 0.25) is 0 Å². The van der Waals surface area contributed by atoms with Gasteiger partial charge in [-0.15, -0.1) is 0 Å². The molecule has 0 saturated carbocycles. The quantitative estimate of drug-likeness (QED) is 0.642. The van der Waals surface area contributed by atoms with Crippen LogP contribution in [-0.2, 0) is 4.79 Å². The van der Waals surface area contributed by atoms with Gasteiger partial charge in [0.05, 0.1) is 0 Å². The van der Waals surface area contributed by atoms with Crippen LogP contribution in [0.1, 0.15) is 28.4 Å². The van der Waals surface area contributed by atoms with E-state index in [2.05, 4.69) is 0 Å². The first kappa shape index (κ1) is 14.0. The lowest BCUT2D eigenvalue weighted by molar-refractivity contribution is -0.139. The first-order chi connectivity index (χ1) is 8.47. The van der Waals surface area contributed by atoms with Gasteiger partial charge in [0.2, 0.25) is 0 Å². The number of carbonyl (C=O) groups is 2. The molecule has 1 rings (SSSR count). The number of ketones is 1. The maximum Gasteiger partial charge on any atom is 0.341 e. The summed E-state index contributed by atoms with van der Waals surface area (Å²) in [6, 6.07) is 3.28. The zero-order valence-corrected chi connectivity index (χ0v) is 10.7. The maximum atomic E-state index is 11.8. The van der Waals surface area contributed by atoms with E-state index < -0.39 is 5.97 Å². The molecule has 4 heteroatoms. The highest BCUT2D eigenvalue weighted by Gasteiger charge is 2.12. The van der Waals surface area contributed by atoms with Gasteiger partial charge in [0.1, 0.15) is 5.75 Å². The van der Waals surface area contributed by atoms with Crippen molar-refractivity contribution in [3.05, 3.63) is 41.0 Å². The summed E-state index contributed by atoms with van der Waals surface area (Å²) in [6.07, 6.45) is 3.19. The molecule has 0 spiro atoms. The van der Waals surface area contributed by atoms with Gasteiger partial charge in [0.15, 0.2) is 12.4 Å². The molecular formula is C14H16O4. The van der Waals surface area contributed by atoms with Crippen molar-refractivity contribution in [1.29, 1.82) is 0 Å².